The molecule has 2 heterocycles. The van der Waals surface area contributed by atoms with E-state index in [-0.39, 0.29) is 0 Å². The summed E-state index contributed by atoms with van der Waals surface area (Å²) >= 11 is 3.64. The summed E-state index contributed by atoms with van der Waals surface area (Å²) in [5.74, 6) is 0. The van der Waals surface area contributed by atoms with Crippen LogP contribution in [0.5, 0.6) is 0 Å². The van der Waals surface area contributed by atoms with Crippen molar-refractivity contribution in [3.05, 3.63) is 38.0 Å². The number of thiophene rings is 1. The fourth-order valence-corrected chi connectivity index (χ4v) is 4.32. The van der Waals surface area contributed by atoms with Crippen LogP contribution in [0.4, 0.5) is 0 Å². The van der Waals surface area contributed by atoms with Crippen LogP contribution in [-0.4, -0.2) is 4.98 Å². The van der Waals surface area contributed by atoms with Gasteiger partial charge in [-0.05, 0) is 50.1 Å². The second-order valence-corrected chi connectivity index (χ2v) is 6.99. The van der Waals surface area contributed by atoms with Crippen LogP contribution in [0, 0.1) is 6.92 Å². The first-order chi connectivity index (χ1) is 8.74. The molecule has 1 aliphatic carbocycles. The average Bonchev–Trinajstić information content (AvgIpc) is 2.97. The van der Waals surface area contributed by atoms with E-state index in [1.807, 2.05) is 11.3 Å². The van der Waals surface area contributed by atoms with Crippen LogP contribution in [0.15, 0.2) is 16.8 Å². The van der Waals surface area contributed by atoms with E-state index >= 15 is 0 Å². The normalized spacial score (nSPS) is 20.7. The fraction of sp³-hybridized carbons (Fsp3) is 0.500. The summed E-state index contributed by atoms with van der Waals surface area (Å²) in [4.78, 5) is 6.15. The van der Waals surface area contributed by atoms with Gasteiger partial charge in [0.15, 0.2) is 0 Å². The van der Waals surface area contributed by atoms with Gasteiger partial charge in [0, 0.05) is 22.3 Å². The number of thiazole rings is 1. The molecule has 96 valence electrons. The number of nitrogens with zero attached hydrogens (tertiary/aromatic N) is 1. The number of fused-ring (bicyclic) bond motifs is 1. The minimum atomic E-state index is 0.339. The highest BCUT2D eigenvalue weighted by Gasteiger charge is 2.23. The first kappa shape index (κ1) is 12.3. The zero-order valence-corrected chi connectivity index (χ0v) is 12.4. The van der Waals surface area contributed by atoms with Crippen LogP contribution in [0.1, 0.15) is 53.0 Å². The first-order valence-corrected chi connectivity index (χ1v) is 8.24. The van der Waals surface area contributed by atoms with Crippen LogP contribution in [0.3, 0.4) is 0 Å². The predicted octanol–water partition coefficient (Wildman–Crippen LogP) is 4.24. The SMILES string of the molecule is Cc1nc(C(C)NC2CCCc3sccc32)cs1. The maximum Gasteiger partial charge on any atom is 0.0898 e. The zero-order valence-electron chi connectivity index (χ0n) is 10.8. The Balaban J connectivity index is 1.74. The van der Waals surface area contributed by atoms with Gasteiger partial charge in [-0.3, -0.25) is 0 Å². The third-order valence-electron chi connectivity index (χ3n) is 3.58. The van der Waals surface area contributed by atoms with Gasteiger partial charge in [-0.1, -0.05) is 0 Å². The predicted molar refractivity (Wildman–Crippen MR) is 78.4 cm³/mol. The van der Waals surface area contributed by atoms with Gasteiger partial charge in [-0.25, -0.2) is 4.98 Å². The Morgan fingerprint density at radius 1 is 1.44 bits per heavy atom. The van der Waals surface area contributed by atoms with Gasteiger partial charge in [-0.2, -0.15) is 0 Å². The lowest BCUT2D eigenvalue weighted by Crippen LogP contribution is -2.27. The van der Waals surface area contributed by atoms with Crippen molar-refractivity contribution in [3.63, 3.8) is 0 Å². The Kier molecular flexibility index (Phi) is 3.50. The smallest absolute Gasteiger partial charge is 0.0898 e. The Labute approximate surface area is 116 Å². The summed E-state index contributed by atoms with van der Waals surface area (Å²) in [5, 5.41) is 9.29. The molecule has 0 bridgehead atoms. The summed E-state index contributed by atoms with van der Waals surface area (Å²) in [7, 11) is 0. The van der Waals surface area contributed by atoms with Crippen molar-refractivity contribution in [2.45, 2.75) is 45.2 Å². The van der Waals surface area contributed by atoms with Gasteiger partial charge >= 0.3 is 0 Å². The molecule has 0 radical (unpaired) electrons. The first-order valence-electron chi connectivity index (χ1n) is 6.48. The van der Waals surface area contributed by atoms with Crippen LogP contribution in [-0.2, 0) is 6.42 Å². The van der Waals surface area contributed by atoms with Gasteiger partial charge in [0.2, 0.25) is 0 Å². The molecule has 2 unspecified atom stereocenters. The molecule has 0 aromatic carbocycles. The summed E-state index contributed by atoms with van der Waals surface area (Å²) in [6.07, 6.45) is 3.81. The second-order valence-electron chi connectivity index (χ2n) is 4.92. The molecule has 4 heteroatoms. The molecule has 2 aromatic rings. The van der Waals surface area contributed by atoms with Gasteiger partial charge in [0.1, 0.15) is 0 Å². The number of hydrogen-bond donors (Lipinski definition) is 1. The molecule has 0 fully saturated rings. The summed E-state index contributed by atoms with van der Waals surface area (Å²) in [6, 6.07) is 3.14. The Morgan fingerprint density at radius 3 is 3.11 bits per heavy atom. The molecule has 2 nitrogen and oxygen atoms in total. The topological polar surface area (TPSA) is 24.9 Å². The molecule has 1 N–H and O–H groups in total. The number of rotatable bonds is 3. The molecule has 0 saturated heterocycles. The van der Waals surface area contributed by atoms with Crippen LogP contribution < -0.4 is 5.32 Å². The Hall–Kier alpha value is -0.710. The van der Waals surface area contributed by atoms with Gasteiger partial charge < -0.3 is 5.32 Å². The Morgan fingerprint density at radius 2 is 2.33 bits per heavy atom. The van der Waals surface area contributed by atoms with Crippen molar-refractivity contribution in [2.75, 3.05) is 0 Å². The zero-order chi connectivity index (χ0) is 12.5. The molecule has 0 amide bonds. The van der Waals surface area contributed by atoms with E-state index in [0.717, 1.165) is 5.01 Å². The maximum atomic E-state index is 4.58. The third kappa shape index (κ3) is 2.37. The number of aromatic nitrogens is 1. The fourth-order valence-electron chi connectivity index (χ4n) is 2.63. The highest BCUT2D eigenvalue weighted by Crippen LogP contribution is 2.34. The van der Waals surface area contributed by atoms with Gasteiger partial charge in [-0.15, -0.1) is 22.7 Å². The van der Waals surface area contributed by atoms with E-state index in [4.69, 9.17) is 0 Å². The van der Waals surface area contributed by atoms with Crippen molar-refractivity contribution in [1.82, 2.24) is 10.3 Å². The quantitative estimate of drug-likeness (QED) is 0.908. The molecule has 0 aliphatic heterocycles. The molecule has 2 atom stereocenters. The molecular formula is C14H18N2S2. The van der Waals surface area contributed by atoms with Crippen molar-refractivity contribution in [1.29, 1.82) is 0 Å². The average molecular weight is 278 g/mol. The Bertz CT molecular complexity index is 529. The van der Waals surface area contributed by atoms with Crippen molar-refractivity contribution >= 4 is 22.7 Å². The van der Waals surface area contributed by atoms with E-state index in [2.05, 4.69) is 41.0 Å². The van der Waals surface area contributed by atoms with E-state index in [0.29, 0.717) is 12.1 Å². The van der Waals surface area contributed by atoms with E-state index < -0.39 is 0 Å². The number of aryl methyl sites for hydroxylation is 2. The highest BCUT2D eigenvalue weighted by atomic mass is 32.1. The standard InChI is InChI=1S/C14H18N2S2/c1-9(13-8-18-10(2)16-13)15-12-4-3-5-14-11(12)6-7-17-14/h6-9,12,15H,3-5H2,1-2H3. The largest absolute Gasteiger partial charge is 0.302 e. The lowest BCUT2D eigenvalue weighted by Gasteiger charge is -2.26. The van der Waals surface area contributed by atoms with Crippen molar-refractivity contribution in [2.24, 2.45) is 0 Å². The summed E-state index contributed by atoms with van der Waals surface area (Å²) in [6.45, 7) is 4.29. The maximum absolute atomic E-state index is 4.58. The van der Waals surface area contributed by atoms with Crippen molar-refractivity contribution in [3.8, 4) is 0 Å². The third-order valence-corrected chi connectivity index (χ3v) is 5.37. The van der Waals surface area contributed by atoms with Crippen LogP contribution in [0.2, 0.25) is 0 Å². The van der Waals surface area contributed by atoms with Crippen LogP contribution >= 0.6 is 22.7 Å². The number of hydrogen-bond acceptors (Lipinski definition) is 4. The van der Waals surface area contributed by atoms with E-state index in [1.165, 1.54) is 30.5 Å². The second kappa shape index (κ2) is 5.11. The van der Waals surface area contributed by atoms with E-state index in [1.54, 1.807) is 16.2 Å². The molecule has 1 aliphatic rings. The minimum Gasteiger partial charge on any atom is -0.302 e. The summed E-state index contributed by atoms with van der Waals surface area (Å²) < 4.78 is 0. The summed E-state index contributed by atoms with van der Waals surface area (Å²) in [5.41, 5.74) is 2.70. The molecular weight excluding hydrogens is 260 g/mol. The lowest BCUT2D eigenvalue weighted by molar-refractivity contribution is 0.414. The van der Waals surface area contributed by atoms with Gasteiger partial charge in [0.25, 0.3) is 0 Å². The highest BCUT2D eigenvalue weighted by molar-refractivity contribution is 7.10. The monoisotopic (exact) mass is 278 g/mol. The van der Waals surface area contributed by atoms with Crippen LogP contribution in [0.25, 0.3) is 0 Å². The molecule has 3 rings (SSSR count). The lowest BCUT2D eigenvalue weighted by atomic mass is 9.93. The molecule has 0 saturated carbocycles. The molecule has 18 heavy (non-hydrogen) atoms. The molecule has 2 aromatic heterocycles. The number of nitrogens with one attached hydrogen (secondary N) is 1. The van der Waals surface area contributed by atoms with Crippen molar-refractivity contribution < 1.29 is 0 Å². The molecule has 0 spiro atoms. The minimum absolute atomic E-state index is 0.339. The van der Waals surface area contributed by atoms with E-state index in [9.17, 15) is 0 Å². The van der Waals surface area contributed by atoms with Gasteiger partial charge in [0.05, 0.1) is 10.7 Å².